The third-order valence-corrected chi connectivity index (χ3v) is 4.10. The second kappa shape index (κ2) is 8.77. The number of nitrogens with zero attached hydrogens (tertiary/aromatic N) is 2. The minimum Gasteiger partial charge on any atom is -0.465 e. The van der Waals surface area contributed by atoms with E-state index in [1.807, 2.05) is 24.3 Å². The van der Waals surface area contributed by atoms with Crippen molar-refractivity contribution in [2.75, 3.05) is 17.7 Å². The Kier molecular flexibility index (Phi) is 5.96. The molecule has 0 aliphatic heterocycles. The molecule has 0 saturated carbocycles. The molecule has 0 radical (unpaired) electrons. The molecule has 0 aliphatic carbocycles. The van der Waals surface area contributed by atoms with Crippen molar-refractivity contribution in [1.29, 1.82) is 0 Å². The van der Waals surface area contributed by atoms with Gasteiger partial charge in [0.05, 0.1) is 12.7 Å². The van der Waals surface area contributed by atoms with E-state index in [2.05, 4.69) is 32.5 Å². The van der Waals surface area contributed by atoms with Gasteiger partial charge in [-0.15, -0.1) is 10.2 Å². The largest absolute Gasteiger partial charge is 0.465 e. The number of aryl methyl sites for hydroxylation is 1. The highest BCUT2D eigenvalue weighted by molar-refractivity contribution is 6.02. The smallest absolute Gasteiger partial charge is 0.337 e. The zero-order valence-corrected chi connectivity index (χ0v) is 15.6. The Labute approximate surface area is 162 Å². The summed E-state index contributed by atoms with van der Waals surface area (Å²) in [6.45, 7) is 2.08. The normalized spacial score (nSPS) is 10.2. The summed E-state index contributed by atoms with van der Waals surface area (Å²) in [6.07, 6.45) is 0.944. The van der Waals surface area contributed by atoms with E-state index in [1.54, 1.807) is 36.4 Å². The SMILES string of the molecule is CCc1ccc(NC(=O)c2ccc(Nc3ccc(C(=O)OC)cc3)nn2)cc1. The van der Waals surface area contributed by atoms with Gasteiger partial charge >= 0.3 is 5.97 Å². The van der Waals surface area contributed by atoms with Crippen molar-refractivity contribution < 1.29 is 14.3 Å². The minimum absolute atomic E-state index is 0.214. The number of amides is 1. The van der Waals surface area contributed by atoms with E-state index < -0.39 is 5.97 Å². The summed E-state index contributed by atoms with van der Waals surface area (Å²) in [6, 6.07) is 17.7. The molecule has 2 N–H and O–H groups in total. The Morgan fingerprint density at radius 3 is 2.14 bits per heavy atom. The molecule has 142 valence electrons. The quantitative estimate of drug-likeness (QED) is 0.635. The van der Waals surface area contributed by atoms with Crippen LogP contribution in [0, 0.1) is 0 Å². The molecule has 1 heterocycles. The summed E-state index contributed by atoms with van der Waals surface area (Å²) >= 11 is 0. The molecule has 0 aliphatic rings. The number of esters is 1. The van der Waals surface area contributed by atoms with Crippen LogP contribution in [0.5, 0.6) is 0 Å². The van der Waals surface area contributed by atoms with Crippen LogP contribution >= 0.6 is 0 Å². The lowest BCUT2D eigenvalue weighted by molar-refractivity contribution is 0.0600. The van der Waals surface area contributed by atoms with Crippen LogP contribution in [-0.4, -0.2) is 29.2 Å². The molecular formula is C21H20N4O3. The predicted octanol–water partition coefficient (Wildman–Crippen LogP) is 3.82. The summed E-state index contributed by atoms with van der Waals surface area (Å²) in [5.41, 5.74) is 3.31. The van der Waals surface area contributed by atoms with Crippen molar-refractivity contribution >= 4 is 29.1 Å². The Morgan fingerprint density at radius 2 is 1.57 bits per heavy atom. The fourth-order valence-corrected chi connectivity index (χ4v) is 2.49. The summed E-state index contributed by atoms with van der Waals surface area (Å²) in [5, 5.41) is 13.8. The molecule has 0 saturated heterocycles. The Morgan fingerprint density at radius 1 is 0.893 bits per heavy atom. The number of rotatable bonds is 6. The molecule has 0 unspecified atom stereocenters. The Bertz CT molecular complexity index is 952. The maximum Gasteiger partial charge on any atom is 0.337 e. The highest BCUT2D eigenvalue weighted by Crippen LogP contribution is 2.16. The number of methoxy groups -OCH3 is 1. The number of hydrogen-bond donors (Lipinski definition) is 2. The van der Waals surface area contributed by atoms with E-state index in [4.69, 9.17) is 0 Å². The van der Waals surface area contributed by atoms with Gasteiger partial charge in [0.15, 0.2) is 11.5 Å². The second-order valence-corrected chi connectivity index (χ2v) is 6.00. The summed E-state index contributed by atoms with van der Waals surface area (Å²) in [5.74, 6) is -0.244. The van der Waals surface area contributed by atoms with Crippen LogP contribution in [0.25, 0.3) is 0 Å². The molecular weight excluding hydrogens is 356 g/mol. The first-order valence-corrected chi connectivity index (χ1v) is 8.78. The van der Waals surface area contributed by atoms with Gasteiger partial charge in [0.1, 0.15) is 0 Å². The topological polar surface area (TPSA) is 93.2 Å². The third kappa shape index (κ3) is 4.70. The maximum absolute atomic E-state index is 12.3. The molecule has 3 aromatic rings. The van der Waals surface area contributed by atoms with E-state index in [9.17, 15) is 9.59 Å². The van der Waals surface area contributed by atoms with Gasteiger partial charge in [-0.3, -0.25) is 4.79 Å². The number of nitrogens with one attached hydrogen (secondary N) is 2. The number of anilines is 3. The molecule has 0 atom stereocenters. The first-order valence-electron chi connectivity index (χ1n) is 8.78. The van der Waals surface area contributed by atoms with Gasteiger partial charge < -0.3 is 15.4 Å². The lowest BCUT2D eigenvalue weighted by Crippen LogP contribution is -2.14. The number of benzene rings is 2. The number of ether oxygens (including phenoxy) is 1. The average molecular weight is 376 g/mol. The molecule has 7 heteroatoms. The summed E-state index contributed by atoms with van der Waals surface area (Å²) < 4.78 is 4.66. The molecule has 2 aromatic carbocycles. The van der Waals surface area contributed by atoms with Crippen molar-refractivity contribution in [2.24, 2.45) is 0 Å². The zero-order valence-electron chi connectivity index (χ0n) is 15.6. The molecule has 3 rings (SSSR count). The van der Waals surface area contributed by atoms with Crippen molar-refractivity contribution in [1.82, 2.24) is 10.2 Å². The van der Waals surface area contributed by atoms with Crippen LogP contribution < -0.4 is 10.6 Å². The van der Waals surface area contributed by atoms with Crippen molar-refractivity contribution in [3.63, 3.8) is 0 Å². The molecule has 28 heavy (non-hydrogen) atoms. The van der Waals surface area contributed by atoms with Gasteiger partial charge in [-0.1, -0.05) is 19.1 Å². The first-order chi connectivity index (χ1) is 13.6. The number of hydrogen-bond acceptors (Lipinski definition) is 6. The molecule has 7 nitrogen and oxygen atoms in total. The zero-order chi connectivity index (χ0) is 19.9. The fourth-order valence-electron chi connectivity index (χ4n) is 2.49. The first kappa shape index (κ1) is 19.0. The van der Waals surface area contributed by atoms with Gasteiger partial charge in [0.25, 0.3) is 5.91 Å². The standard InChI is InChI=1S/C21H20N4O3/c1-3-14-4-8-17(9-5-14)23-20(26)18-12-13-19(25-24-18)22-16-10-6-15(7-11-16)21(27)28-2/h4-13H,3H2,1-2H3,(H,22,25)(H,23,26). The highest BCUT2D eigenvalue weighted by Gasteiger charge is 2.09. The van der Waals surface area contributed by atoms with Gasteiger partial charge in [0.2, 0.25) is 0 Å². The predicted molar refractivity (Wildman–Crippen MR) is 107 cm³/mol. The fraction of sp³-hybridized carbons (Fsp3) is 0.143. The average Bonchev–Trinajstić information content (AvgIpc) is 2.74. The monoisotopic (exact) mass is 376 g/mol. The van der Waals surface area contributed by atoms with Crippen molar-refractivity contribution in [3.05, 3.63) is 77.5 Å². The number of carbonyl (C=O) groups excluding carboxylic acids is 2. The van der Waals surface area contributed by atoms with Crippen LogP contribution in [-0.2, 0) is 11.2 Å². The maximum atomic E-state index is 12.3. The van der Waals surface area contributed by atoms with Crippen LogP contribution in [0.15, 0.2) is 60.7 Å². The Hall–Kier alpha value is -3.74. The van der Waals surface area contributed by atoms with Gasteiger partial charge in [-0.05, 0) is 60.5 Å². The summed E-state index contributed by atoms with van der Waals surface area (Å²) in [4.78, 5) is 23.7. The lowest BCUT2D eigenvalue weighted by Gasteiger charge is -2.07. The van der Waals surface area contributed by atoms with Crippen LogP contribution in [0.2, 0.25) is 0 Å². The number of aromatic nitrogens is 2. The van der Waals surface area contributed by atoms with E-state index in [0.29, 0.717) is 17.1 Å². The molecule has 1 aromatic heterocycles. The summed E-state index contributed by atoms with van der Waals surface area (Å²) in [7, 11) is 1.34. The number of carbonyl (C=O) groups is 2. The molecule has 1 amide bonds. The molecule has 0 fully saturated rings. The van der Waals surface area contributed by atoms with E-state index in [0.717, 1.165) is 12.1 Å². The van der Waals surface area contributed by atoms with E-state index in [-0.39, 0.29) is 11.6 Å². The Balaban J connectivity index is 1.62. The van der Waals surface area contributed by atoms with Crippen LogP contribution in [0.1, 0.15) is 33.3 Å². The highest BCUT2D eigenvalue weighted by atomic mass is 16.5. The minimum atomic E-state index is -0.397. The second-order valence-electron chi connectivity index (χ2n) is 6.00. The van der Waals surface area contributed by atoms with Crippen LogP contribution in [0.3, 0.4) is 0 Å². The lowest BCUT2D eigenvalue weighted by atomic mass is 10.1. The van der Waals surface area contributed by atoms with Gasteiger partial charge in [-0.2, -0.15) is 0 Å². The third-order valence-electron chi connectivity index (χ3n) is 4.10. The van der Waals surface area contributed by atoms with E-state index >= 15 is 0 Å². The molecule has 0 spiro atoms. The van der Waals surface area contributed by atoms with Crippen molar-refractivity contribution in [3.8, 4) is 0 Å². The van der Waals surface area contributed by atoms with E-state index in [1.165, 1.54) is 12.7 Å². The van der Waals surface area contributed by atoms with Gasteiger partial charge in [0, 0.05) is 11.4 Å². The van der Waals surface area contributed by atoms with Crippen molar-refractivity contribution in [2.45, 2.75) is 13.3 Å². The van der Waals surface area contributed by atoms with Crippen LogP contribution in [0.4, 0.5) is 17.2 Å². The van der Waals surface area contributed by atoms with Gasteiger partial charge in [-0.25, -0.2) is 4.79 Å². The molecule has 0 bridgehead atoms.